The van der Waals surface area contributed by atoms with Crippen molar-refractivity contribution in [3.05, 3.63) is 50.5 Å². The van der Waals surface area contributed by atoms with Gasteiger partial charge in [0.2, 0.25) is 0 Å². The summed E-state index contributed by atoms with van der Waals surface area (Å²) in [7, 11) is 0. The second kappa shape index (κ2) is 5.23. The highest BCUT2D eigenvalue weighted by atomic mass is 79.9. The van der Waals surface area contributed by atoms with Crippen LogP contribution in [-0.4, -0.2) is 0 Å². The number of nitrogens with one attached hydrogen (secondary N) is 1. The van der Waals surface area contributed by atoms with Crippen LogP contribution in [0.2, 0.25) is 0 Å². The van der Waals surface area contributed by atoms with E-state index in [4.69, 9.17) is 4.42 Å². The topological polar surface area (TPSA) is 25.2 Å². The quantitative estimate of drug-likeness (QED) is 0.843. The number of halogens is 3. The molecule has 5 heteroatoms. The van der Waals surface area contributed by atoms with Crippen LogP contribution in [0.15, 0.2) is 37.8 Å². The molecule has 0 saturated carbocycles. The van der Waals surface area contributed by atoms with Gasteiger partial charge >= 0.3 is 0 Å². The van der Waals surface area contributed by atoms with Crippen molar-refractivity contribution >= 4 is 37.5 Å². The van der Waals surface area contributed by atoms with Crippen molar-refractivity contribution in [2.45, 2.75) is 13.5 Å². The highest BCUT2D eigenvalue weighted by molar-refractivity contribution is 9.13. The molecule has 90 valence electrons. The van der Waals surface area contributed by atoms with Crippen molar-refractivity contribution in [2.24, 2.45) is 0 Å². The molecule has 0 aliphatic heterocycles. The van der Waals surface area contributed by atoms with Gasteiger partial charge in [0.1, 0.15) is 11.6 Å². The molecule has 0 saturated heterocycles. The Morgan fingerprint density at radius 3 is 2.76 bits per heavy atom. The van der Waals surface area contributed by atoms with Gasteiger partial charge in [0.15, 0.2) is 4.67 Å². The first-order valence-electron chi connectivity index (χ1n) is 5.00. The van der Waals surface area contributed by atoms with Crippen LogP contribution in [0.25, 0.3) is 0 Å². The maximum atomic E-state index is 13.3. The molecule has 2 rings (SSSR count). The van der Waals surface area contributed by atoms with Gasteiger partial charge in [-0.3, -0.25) is 0 Å². The minimum atomic E-state index is -0.211. The van der Waals surface area contributed by atoms with Gasteiger partial charge in [-0.1, -0.05) is 6.07 Å². The van der Waals surface area contributed by atoms with Crippen molar-refractivity contribution in [3.8, 4) is 0 Å². The summed E-state index contributed by atoms with van der Waals surface area (Å²) in [5, 5.41) is 3.14. The Morgan fingerprint density at radius 1 is 1.35 bits per heavy atom. The third-order valence-electron chi connectivity index (χ3n) is 2.42. The lowest BCUT2D eigenvalue weighted by Gasteiger charge is -2.08. The third-order valence-corrected chi connectivity index (χ3v) is 4.13. The van der Waals surface area contributed by atoms with Gasteiger partial charge in [0.25, 0.3) is 0 Å². The molecule has 0 aliphatic rings. The smallest absolute Gasteiger partial charge is 0.183 e. The molecule has 0 fully saturated rings. The largest absolute Gasteiger partial charge is 0.451 e. The molecule has 1 heterocycles. The van der Waals surface area contributed by atoms with E-state index in [9.17, 15) is 4.39 Å². The van der Waals surface area contributed by atoms with Crippen LogP contribution in [0.1, 0.15) is 11.3 Å². The van der Waals surface area contributed by atoms with Gasteiger partial charge in [-0.2, -0.15) is 0 Å². The minimum Gasteiger partial charge on any atom is -0.451 e. The van der Waals surface area contributed by atoms with E-state index in [0.717, 1.165) is 15.9 Å². The molecule has 0 amide bonds. The van der Waals surface area contributed by atoms with Gasteiger partial charge < -0.3 is 9.73 Å². The monoisotopic (exact) mass is 361 g/mol. The standard InChI is InChI=1S/C12H10Br2FNO/c1-7-10(15)3-2-4-11(7)16-6-8-5-9(13)12(14)17-8/h2-5,16H,6H2,1H3. The average molecular weight is 363 g/mol. The summed E-state index contributed by atoms with van der Waals surface area (Å²) in [5.41, 5.74) is 1.38. The highest BCUT2D eigenvalue weighted by Gasteiger charge is 2.07. The number of anilines is 1. The van der Waals surface area contributed by atoms with Crippen LogP contribution in [-0.2, 0) is 6.54 Å². The van der Waals surface area contributed by atoms with Crippen molar-refractivity contribution in [1.29, 1.82) is 0 Å². The maximum Gasteiger partial charge on any atom is 0.183 e. The maximum absolute atomic E-state index is 13.3. The van der Waals surface area contributed by atoms with Gasteiger partial charge in [-0.15, -0.1) is 0 Å². The average Bonchev–Trinajstić information content (AvgIpc) is 2.61. The summed E-state index contributed by atoms with van der Waals surface area (Å²) in [5.74, 6) is 0.559. The van der Waals surface area contributed by atoms with Gasteiger partial charge in [-0.05, 0) is 57.0 Å². The zero-order chi connectivity index (χ0) is 12.4. The number of furan rings is 1. The molecular formula is C12H10Br2FNO. The number of rotatable bonds is 3. The minimum absolute atomic E-state index is 0.211. The Morgan fingerprint density at radius 2 is 2.12 bits per heavy atom. The second-order valence-electron chi connectivity index (χ2n) is 3.60. The summed E-state index contributed by atoms with van der Waals surface area (Å²) in [6, 6.07) is 6.83. The fourth-order valence-corrected chi connectivity index (χ4v) is 2.12. The lowest BCUT2D eigenvalue weighted by Crippen LogP contribution is -2.00. The normalized spacial score (nSPS) is 10.6. The van der Waals surface area contributed by atoms with Crippen LogP contribution in [0.4, 0.5) is 10.1 Å². The third kappa shape index (κ3) is 2.90. The highest BCUT2D eigenvalue weighted by Crippen LogP contribution is 2.27. The fraction of sp³-hybridized carbons (Fsp3) is 0.167. The van der Waals surface area contributed by atoms with E-state index in [1.54, 1.807) is 13.0 Å². The molecule has 0 spiro atoms. The Balaban J connectivity index is 2.10. The van der Waals surface area contributed by atoms with Crippen LogP contribution in [0.3, 0.4) is 0 Å². The van der Waals surface area contributed by atoms with E-state index in [1.807, 2.05) is 12.1 Å². The Labute approximate surface area is 115 Å². The van der Waals surface area contributed by atoms with Crippen molar-refractivity contribution in [1.82, 2.24) is 0 Å². The Bertz CT molecular complexity index is 520. The zero-order valence-corrected chi connectivity index (χ0v) is 12.2. The van der Waals surface area contributed by atoms with E-state index in [-0.39, 0.29) is 5.82 Å². The molecule has 1 aromatic heterocycles. The van der Waals surface area contributed by atoms with E-state index >= 15 is 0 Å². The summed E-state index contributed by atoms with van der Waals surface area (Å²) in [4.78, 5) is 0. The first kappa shape index (κ1) is 12.6. The van der Waals surface area contributed by atoms with E-state index in [2.05, 4.69) is 37.2 Å². The lowest BCUT2D eigenvalue weighted by atomic mass is 10.2. The van der Waals surface area contributed by atoms with Crippen LogP contribution >= 0.6 is 31.9 Å². The molecule has 0 aliphatic carbocycles. The van der Waals surface area contributed by atoms with Crippen molar-refractivity contribution in [2.75, 3.05) is 5.32 Å². The molecular weight excluding hydrogens is 353 g/mol. The van der Waals surface area contributed by atoms with E-state index in [0.29, 0.717) is 16.8 Å². The summed E-state index contributed by atoms with van der Waals surface area (Å²) >= 11 is 6.61. The number of hydrogen-bond donors (Lipinski definition) is 1. The molecule has 0 atom stereocenters. The predicted octanol–water partition coefficient (Wildman–Crippen LogP) is 4.86. The molecule has 17 heavy (non-hydrogen) atoms. The van der Waals surface area contributed by atoms with E-state index in [1.165, 1.54) is 6.07 Å². The predicted molar refractivity (Wildman–Crippen MR) is 72.6 cm³/mol. The molecule has 0 bridgehead atoms. The van der Waals surface area contributed by atoms with Crippen molar-refractivity contribution in [3.63, 3.8) is 0 Å². The first-order valence-corrected chi connectivity index (χ1v) is 6.59. The molecule has 2 nitrogen and oxygen atoms in total. The molecule has 1 N–H and O–H groups in total. The first-order chi connectivity index (χ1) is 8.08. The number of benzene rings is 1. The van der Waals surface area contributed by atoms with Gasteiger partial charge in [0, 0.05) is 11.3 Å². The Hall–Kier alpha value is -0.810. The van der Waals surface area contributed by atoms with Gasteiger partial charge in [-0.25, -0.2) is 4.39 Å². The van der Waals surface area contributed by atoms with Crippen LogP contribution in [0, 0.1) is 12.7 Å². The molecule has 2 aromatic rings. The van der Waals surface area contributed by atoms with Crippen LogP contribution < -0.4 is 5.32 Å². The van der Waals surface area contributed by atoms with Gasteiger partial charge in [0.05, 0.1) is 11.0 Å². The molecule has 1 aromatic carbocycles. The number of hydrogen-bond acceptors (Lipinski definition) is 2. The van der Waals surface area contributed by atoms with Crippen molar-refractivity contribution < 1.29 is 8.81 Å². The molecule has 0 unspecified atom stereocenters. The summed E-state index contributed by atoms with van der Waals surface area (Å²) < 4.78 is 20.2. The Kier molecular flexibility index (Phi) is 3.89. The molecule has 0 radical (unpaired) electrons. The summed E-state index contributed by atoms with van der Waals surface area (Å²) in [6.45, 7) is 2.25. The second-order valence-corrected chi connectivity index (χ2v) is 5.17. The lowest BCUT2D eigenvalue weighted by molar-refractivity contribution is 0.494. The van der Waals surface area contributed by atoms with Crippen LogP contribution in [0.5, 0.6) is 0 Å². The fourth-order valence-electron chi connectivity index (χ4n) is 1.46. The SMILES string of the molecule is Cc1c(F)cccc1NCc1cc(Br)c(Br)o1. The van der Waals surface area contributed by atoms with E-state index < -0.39 is 0 Å². The summed E-state index contributed by atoms with van der Waals surface area (Å²) in [6.07, 6.45) is 0. The zero-order valence-electron chi connectivity index (χ0n) is 9.06.